The predicted molar refractivity (Wildman–Crippen MR) is 81.5 cm³/mol. The van der Waals surface area contributed by atoms with Crippen molar-refractivity contribution in [3.8, 4) is 17.0 Å². The summed E-state index contributed by atoms with van der Waals surface area (Å²) >= 11 is 0. The molecule has 0 bridgehead atoms. The van der Waals surface area contributed by atoms with Crippen molar-refractivity contribution in [1.29, 1.82) is 0 Å². The number of carbonyl (C=O) groups is 1. The highest BCUT2D eigenvalue weighted by Crippen LogP contribution is 2.14. The maximum Gasteiger partial charge on any atom is 0.341 e. The summed E-state index contributed by atoms with van der Waals surface area (Å²) in [5, 5.41) is 12.1. The van der Waals surface area contributed by atoms with E-state index in [2.05, 4.69) is 5.16 Å². The molecule has 0 aliphatic rings. The van der Waals surface area contributed by atoms with Crippen molar-refractivity contribution in [3.05, 3.63) is 73.0 Å². The van der Waals surface area contributed by atoms with E-state index in [0.717, 1.165) is 11.3 Å². The zero-order valence-corrected chi connectivity index (χ0v) is 11.8. The third kappa shape index (κ3) is 5.13. The third-order valence-corrected chi connectivity index (χ3v) is 2.61. The van der Waals surface area contributed by atoms with Gasteiger partial charge >= 0.3 is 5.97 Å². The lowest BCUT2D eigenvalue weighted by Crippen LogP contribution is -2.09. The van der Waals surface area contributed by atoms with E-state index in [0.29, 0.717) is 5.75 Å². The molecular weight excluding hydrogens is 282 g/mol. The Kier molecular flexibility index (Phi) is 5.75. The van der Waals surface area contributed by atoms with Crippen LogP contribution in [0.15, 0.2) is 77.5 Å². The average molecular weight is 297 g/mol. The van der Waals surface area contributed by atoms with Gasteiger partial charge in [0.2, 0.25) is 0 Å². The predicted octanol–water partition coefficient (Wildman–Crippen LogP) is 3.49. The van der Waals surface area contributed by atoms with Crippen molar-refractivity contribution in [2.75, 3.05) is 6.61 Å². The lowest BCUT2D eigenvalue weighted by atomic mass is 10.2. The summed E-state index contributed by atoms with van der Waals surface area (Å²) in [6.45, 7) is -0.288. The smallest absolute Gasteiger partial charge is 0.341 e. The lowest BCUT2D eigenvalue weighted by molar-refractivity contribution is -0.139. The average Bonchev–Trinajstić information content (AvgIpc) is 3.10. The molecule has 0 fully saturated rings. The monoisotopic (exact) mass is 297 g/mol. The van der Waals surface area contributed by atoms with Gasteiger partial charge in [-0.15, -0.1) is 0 Å². The van der Waals surface area contributed by atoms with Crippen molar-refractivity contribution >= 4 is 5.97 Å². The second-order valence-electron chi connectivity index (χ2n) is 4.25. The Morgan fingerprint density at radius 2 is 1.64 bits per heavy atom. The molecule has 22 heavy (non-hydrogen) atoms. The van der Waals surface area contributed by atoms with Crippen LogP contribution in [-0.2, 0) is 4.79 Å². The van der Waals surface area contributed by atoms with Gasteiger partial charge in [0.25, 0.3) is 0 Å². The van der Waals surface area contributed by atoms with Crippen LogP contribution < -0.4 is 4.74 Å². The van der Waals surface area contributed by atoms with Gasteiger partial charge in [-0.3, -0.25) is 0 Å². The second kappa shape index (κ2) is 8.26. The van der Waals surface area contributed by atoms with E-state index in [1.54, 1.807) is 30.5 Å². The molecule has 1 N–H and O–H groups in total. The summed E-state index contributed by atoms with van der Waals surface area (Å²) in [7, 11) is 0. The van der Waals surface area contributed by atoms with Crippen LogP contribution in [0.1, 0.15) is 0 Å². The Labute approximate surface area is 127 Å². The minimum absolute atomic E-state index is 0.288. The maximum atomic E-state index is 10.0. The van der Waals surface area contributed by atoms with Gasteiger partial charge in [-0.25, -0.2) is 4.79 Å². The number of benzene rings is 2. The molecule has 5 heteroatoms. The molecule has 0 aliphatic heterocycles. The van der Waals surface area contributed by atoms with Crippen molar-refractivity contribution < 1.29 is 19.2 Å². The summed E-state index contributed by atoms with van der Waals surface area (Å²) in [5.74, 6) is -0.385. The molecule has 0 aliphatic carbocycles. The van der Waals surface area contributed by atoms with Gasteiger partial charge in [0.15, 0.2) is 6.61 Å². The summed E-state index contributed by atoms with van der Waals surface area (Å²) in [4.78, 5) is 10.0. The van der Waals surface area contributed by atoms with Crippen molar-refractivity contribution in [2.45, 2.75) is 0 Å². The number of carboxylic acid groups (broad SMARTS) is 1. The maximum absolute atomic E-state index is 10.0. The Hall–Kier alpha value is -3.08. The molecule has 5 nitrogen and oxygen atoms in total. The first kappa shape index (κ1) is 15.3. The summed E-state index contributed by atoms with van der Waals surface area (Å²) in [5.41, 5.74) is 1.96. The fourth-order valence-electron chi connectivity index (χ4n) is 1.63. The second-order valence-corrected chi connectivity index (χ2v) is 4.25. The lowest BCUT2D eigenvalue weighted by Gasteiger charge is -2.00. The van der Waals surface area contributed by atoms with Crippen LogP contribution >= 0.6 is 0 Å². The fraction of sp³-hybridized carbons (Fsp3) is 0.0588. The third-order valence-electron chi connectivity index (χ3n) is 2.61. The van der Waals surface area contributed by atoms with Crippen LogP contribution in [-0.4, -0.2) is 22.8 Å². The quantitative estimate of drug-likeness (QED) is 0.798. The van der Waals surface area contributed by atoms with Crippen LogP contribution in [0, 0.1) is 0 Å². The van der Waals surface area contributed by atoms with E-state index in [1.165, 1.54) is 0 Å². The molecule has 0 radical (unpaired) electrons. The van der Waals surface area contributed by atoms with Gasteiger partial charge < -0.3 is 14.4 Å². The van der Waals surface area contributed by atoms with Gasteiger partial charge in [-0.2, -0.15) is 0 Å². The molecule has 1 aromatic heterocycles. The van der Waals surface area contributed by atoms with Gasteiger partial charge in [-0.05, 0) is 12.1 Å². The first-order valence-corrected chi connectivity index (χ1v) is 6.61. The first-order chi connectivity index (χ1) is 10.8. The van der Waals surface area contributed by atoms with Gasteiger partial charge in [0, 0.05) is 11.6 Å². The highest BCUT2D eigenvalue weighted by atomic mass is 16.5. The van der Waals surface area contributed by atoms with E-state index in [9.17, 15) is 4.79 Å². The molecule has 0 saturated carbocycles. The Morgan fingerprint density at radius 3 is 2.18 bits per heavy atom. The molecule has 0 atom stereocenters. The molecular formula is C17H15NO4. The highest BCUT2D eigenvalue weighted by Gasteiger charge is 1.97. The summed E-state index contributed by atoms with van der Waals surface area (Å²) < 4.78 is 9.59. The number of carboxylic acids is 1. The minimum Gasteiger partial charge on any atom is -0.482 e. The van der Waals surface area contributed by atoms with Gasteiger partial charge in [0.05, 0.1) is 0 Å². The Morgan fingerprint density at radius 1 is 1.00 bits per heavy atom. The normalized spacial score (nSPS) is 9.45. The Balaban J connectivity index is 0.000000160. The van der Waals surface area contributed by atoms with Crippen LogP contribution in [0.25, 0.3) is 11.3 Å². The standard InChI is InChI=1S/C9H7NO.C8H8O3/c1-2-4-8(5-3-1)9-6-7-11-10-9;9-8(10)6-11-7-4-2-1-3-5-7/h1-7H;1-5H,6H2,(H,9,10). The molecule has 112 valence electrons. The molecule has 0 spiro atoms. The molecule has 2 aromatic carbocycles. The van der Waals surface area contributed by atoms with E-state index >= 15 is 0 Å². The fourth-order valence-corrected chi connectivity index (χ4v) is 1.63. The van der Waals surface area contributed by atoms with E-state index in [1.807, 2.05) is 42.5 Å². The number of aromatic nitrogens is 1. The van der Waals surface area contributed by atoms with Crippen LogP contribution in [0.2, 0.25) is 0 Å². The number of aliphatic carboxylic acids is 1. The van der Waals surface area contributed by atoms with Crippen molar-refractivity contribution in [1.82, 2.24) is 5.16 Å². The van der Waals surface area contributed by atoms with Crippen molar-refractivity contribution in [3.63, 3.8) is 0 Å². The number of ether oxygens (including phenoxy) is 1. The summed E-state index contributed by atoms with van der Waals surface area (Å²) in [6, 6.07) is 20.6. The zero-order valence-electron chi connectivity index (χ0n) is 11.8. The van der Waals surface area contributed by atoms with E-state index in [4.69, 9.17) is 14.4 Å². The SMILES string of the molecule is O=C(O)COc1ccccc1.c1ccc(-c2ccon2)cc1. The number of hydrogen-bond acceptors (Lipinski definition) is 4. The van der Waals surface area contributed by atoms with Gasteiger partial charge in [-0.1, -0.05) is 53.7 Å². The highest BCUT2D eigenvalue weighted by molar-refractivity contribution is 5.68. The molecule has 0 saturated heterocycles. The van der Waals surface area contributed by atoms with Crippen molar-refractivity contribution in [2.24, 2.45) is 0 Å². The molecule has 0 amide bonds. The molecule has 1 heterocycles. The Bertz CT molecular complexity index is 666. The molecule has 0 unspecified atom stereocenters. The number of nitrogens with zero attached hydrogens (tertiary/aromatic N) is 1. The van der Waals surface area contributed by atoms with E-state index in [-0.39, 0.29) is 6.61 Å². The van der Waals surface area contributed by atoms with Crippen LogP contribution in [0.4, 0.5) is 0 Å². The summed E-state index contributed by atoms with van der Waals surface area (Å²) in [6.07, 6.45) is 1.57. The van der Waals surface area contributed by atoms with E-state index < -0.39 is 5.97 Å². The number of hydrogen-bond donors (Lipinski definition) is 1. The molecule has 3 rings (SSSR count). The first-order valence-electron chi connectivity index (χ1n) is 6.61. The number of para-hydroxylation sites is 1. The van der Waals surface area contributed by atoms with Gasteiger partial charge in [0.1, 0.15) is 17.7 Å². The minimum atomic E-state index is -0.964. The van der Waals surface area contributed by atoms with Crippen LogP contribution in [0.3, 0.4) is 0 Å². The zero-order chi connectivity index (χ0) is 15.6. The number of rotatable bonds is 4. The van der Waals surface area contributed by atoms with Crippen LogP contribution in [0.5, 0.6) is 5.75 Å². The largest absolute Gasteiger partial charge is 0.482 e. The topological polar surface area (TPSA) is 72.6 Å². The molecule has 3 aromatic rings.